The van der Waals surface area contributed by atoms with E-state index < -0.39 is 0 Å². The molecule has 134 valence electrons. The van der Waals surface area contributed by atoms with E-state index in [4.69, 9.17) is 9.84 Å². The Balaban J connectivity index is 1.60. The highest BCUT2D eigenvalue weighted by Gasteiger charge is 2.12. The van der Waals surface area contributed by atoms with E-state index in [1.807, 2.05) is 10.9 Å². The van der Waals surface area contributed by atoms with E-state index in [0.29, 0.717) is 0 Å². The fourth-order valence-electron chi connectivity index (χ4n) is 3.82. The summed E-state index contributed by atoms with van der Waals surface area (Å²) in [5, 5.41) is 4.83. The zero-order chi connectivity index (χ0) is 18.1. The second-order valence-corrected chi connectivity index (χ2v) is 7.04. The maximum Gasteiger partial charge on any atom is 0.0932 e. The molecule has 26 heavy (non-hydrogen) atoms. The van der Waals surface area contributed by atoms with Gasteiger partial charge in [-0.25, -0.2) is 4.68 Å². The Labute approximate surface area is 155 Å². The van der Waals surface area contributed by atoms with Gasteiger partial charge >= 0.3 is 0 Å². The van der Waals surface area contributed by atoms with Gasteiger partial charge in [-0.1, -0.05) is 17.7 Å². The van der Waals surface area contributed by atoms with Gasteiger partial charge in [-0.3, -0.25) is 0 Å². The van der Waals surface area contributed by atoms with Crippen molar-refractivity contribution in [1.82, 2.24) is 9.78 Å². The van der Waals surface area contributed by atoms with Crippen LogP contribution in [0.3, 0.4) is 0 Å². The highest BCUT2D eigenvalue weighted by Crippen LogP contribution is 2.28. The second-order valence-electron chi connectivity index (χ2n) is 7.04. The Morgan fingerprint density at radius 3 is 2.12 bits per heavy atom. The zero-order valence-electron chi connectivity index (χ0n) is 15.7. The van der Waals surface area contributed by atoms with Crippen LogP contribution in [0.1, 0.15) is 16.7 Å². The molecule has 2 aromatic carbocycles. The normalized spacial score (nSPS) is 14.7. The molecule has 4 nitrogen and oxygen atoms in total. The molecule has 2 heterocycles. The van der Waals surface area contributed by atoms with Gasteiger partial charge in [0.05, 0.1) is 24.6 Å². The van der Waals surface area contributed by atoms with Crippen LogP contribution in [0.4, 0.5) is 5.69 Å². The molecule has 0 saturated carbocycles. The van der Waals surface area contributed by atoms with Crippen molar-refractivity contribution in [2.24, 2.45) is 0 Å². The molecular weight excluding hydrogens is 322 g/mol. The van der Waals surface area contributed by atoms with Crippen LogP contribution in [0.15, 0.2) is 48.7 Å². The quantitative estimate of drug-likeness (QED) is 0.707. The largest absolute Gasteiger partial charge is 0.378 e. The highest BCUT2D eigenvalue weighted by atomic mass is 16.5. The summed E-state index contributed by atoms with van der Waals surface area (Å²) in [6, 6.07) is 15.2. The van der Waals surface area contributed by atoms with Crippen molar-refractivity contribution in [3.05, 3.63) is 65.4 Å². The molecule has 1 aliphatic rings. The van der Waals surface area contributed by atoms with Crippen molar-refractivity contribution in [2.45, 2.75) is 20.8 Å². The lowest BCUT2D eigenvalue weighted by molar-refractivity contribution is 0.122. The number of rotatable bonds is 3. The summed E-state index contributed by atoms with van der Waals surface area (Å²) in [7, 11) is 0. The number of anilines is 1. The summed E-state index contributed by atoms with van der Waals surface area (Å²) >= 11 is 0. The number of morpholine rings is 1. The van der Waals surface area contributed by atoms with Crippen LogP contribution < -0.4 is 4.90 Å². The van der Waals surface area contributed by atoms with Gasteiger partial charge in [0.2, 0.25) is 0 Å². The van der Waals surface area contributed by atoms with Crippen molar-refractivity contribution in [3.8, 4) is 16.9 Å². The van der Waals surface area contributed by atoms with E-state index in [1.54, 1.807) is 0 Å². The molecule has 4 rings (SSSR count). The molecule has 3 aromatic rings. The molecular formula is C22H25N3O. The van der Waals surface area contributed by atoms with Gasteiger partial charge in [0, 0.05) is 30.5 Å². The van der Waals surface area contributed by atoms with Crippen molar-refractivity contribution < 1.29 is 4.74 Å². The minimum absolute atomic E-state index is 0.805. The number of ether oxygens (including phenoxy) is 1. The van der Waals surface area contributed by atoms with Gasteiger partial charge in [-0.15, -0.1) is 0 Å². The molecule has 0 bridgehead atoms. The molecule has 0 atom stereocenters. The van der Waals surface area contributed by atoms with Gasteiger partial charge in [0.25, 0.3) is 0 Å². The van der Waals surface area contributed by atoms with E-state index >= 15 is 0 Å². The first kappa shape index (κ1) is 16.9. The van der Waals surface area contributed by atoms with Crippen molar-refractivity contribution >= 4 is 5.69 Å². The maximum absolute atomic E-state index is 5.43. The van der Waals surface area contributed by atoms with Gasteiger partial charge in [-0.05, 0) is 62.2 Å². The number of nitrogens with zero attached hydrogens (tertiary/aromatic N) is 3. The number of hydrogen-bond donors (Lipinski definition) is 0. The van der Waals surface area contributed by atoms with Crippen molar-refractivity contribution in [3.63, 3.8) is 0 Å². The third kappa shape index (κ3) is 3.25. The standard InChI is InChI=1S/C22H25N3O/c1-16-14-17(2)22(18(3)15-16)21-8-9-25(23-21)20-6-4-19(5-7-20)24-10-12-26-13-11-24/h4-9,14-15H,10-13H2,1-3H3. The topological polar surface area (TPSA) is 30.3 Å². The van der Waals surface area contributed by atoms with Gasteiger partial charge in [-0.2, -0.15) is 5.10 Å². The van der Waals surface area contributed by atoms with E-state index in [9.17, 15) is 0 Å². The third-order valence-corrected chi connectivity index (χ3v) is 5.01. The lowest BCUT2D eigenvalue weighted by atomic mass is 9.98. The fraction of sp³-hybridized carbons (Fsp3) is 0.318. The smallest absolute Gasteiger partial charge is 0.0932 e. The monoisotopic (exact) mass is 347 g/mol. The summed E-state index contributed by atoms with van der Waals surface area (Å²) < 4.78 is 7.39. The van der Waals surface area contributed by atoms with E-state index in [1.165, 1.54) is 27.9 Å². The van der Waals surface area contributed by atoms with Crippen LogP contribution >= 0.6 is 0 Å². The van der Waals surface area contributed by atoms with Crippen LogP contribution in [0, 0.1) is 20.8 Å². The number of aromatic nitrogens is 2. The van der Waals surface area contributed by atoms with Crippen LogP contribution in [0.25, 0.3) is 16.9 Å². The molecule has 0 unspecified atom stereocenters. The predicted molar refractivity (Wildman–Crippen MR) is 106 cm³/mol. The minimum atomic E-state index is 0.805. The predicted octanol–water partition coefficient (Wildman–Crippen LogP) is 4.30. The summed E-state index contributed by atoms with van der Waals surface area (Å²) in [5.41, 5.74) is 8.43. The lowest BCUT2D eigenvalue weighted by Gasteiger charge is -2.28. The Morgan fingerprint density at radius 1 is 0.846 bits per heavy atom. The molecule has 1 saturated heterocycles. The number of aryl methyl sites for hydroxylation is 3. The molecule has 1 aromatic heterocycles. The average Bonchev–Trinajstić information content (AvgIpc) is 3.11. The van der Waals surface area contributed by atoms with Gasteiger partial charge < -0.3 is 9.64 Å². The molecule has 4 heteroatoms. The lowest BCUT2D eigenvalue weighted by Crippen LogP contribution is -2.36. The molecule has 0 N–H and O–H groups in total. The van der Waals surface area contributed by atoms with E-state index in [-0.39, 0.29) is 0 Å². The minimum Gasteiger partial charge on any atom is -0.378 e. The summed E-state index contributed by atoms with van der Waals surface area (Å²) in [4.78, 5) is 2.36. The van der Waals surface area contributed by atoms with Crippen molar-refractivity contribution in [1.29, 1.82) is 0 Å². The molecule has 0 amide bonds. The molecule has 0 spiro atoms. The van der Waals surface area contributed by atoms with E-state index in [0.717, 1.165) is 37.7 Å². The van der Waals surface area contributed by atoms with Crippen LogP contribution in [-0.4, -0.2) is 36.1 Å². The summed E-state index contributed by atoms with van der Waals surface area (Å²) in [5.74, 6) is 0. The van der Waals surface area contributed by atoms with Gasteiger partial charge in [0.15, 0.2) is 0 Å². The molecule has 0 radical (unpaired) electrons. The fourth-order valence-corrected chi connectivity index (χ4v) is 3.82. The average molecular weight is 347 g/mol. The highest BCUT2D eigenvalue weighted by molar-refractivity contribution is 5.68. The third-order valence-electron chi connectivity index (χ3n) is 5.01. The van der Waals surface area contributed by atoms with Crippen LogP contribution in [-0.2, 0) is 4.74 Å². The summed E-state index contributed by atoms with van der Waals surface area (Å²) in [6.07, 6.45) is 2.04. The van der Waals surface area contributed by atoms with Crippen LogP contribution in [0.5, 0.6) is 0 Å². The Hall–Kier alpha value is -2.59. The summed E-state index contributed by atoms with van der Waals surface area (Å²) in [6.45, 7) is 9.98. The molecule has 1 aliphatic heterocycles. The Kier molecular flexibility index (Phi) is 4.51. The van der Waals surface area contributed by atoms with Crippen molar-refractivity contribution in [2.75, 3.05) is 31.2 Å². The van der Waals surface area contributed by atoms with Crippen LogP contribution in [0.2, 0.25) is 0 Å². The maximum atomic E-state index is 5.43. The first-order chi connectivity index (χ1) is 12.6. The Morgan fingerprint density at radius 2 is 1.46 bits per heavy atom. The first-order valence-electron chi connectivity index (χ1n) is 9.19. The first-order valence-corrected chi connectivity index (χ1v) is 9.19. The number of hydrogen-bond acceptors (Lipinski definition) is 3. The van der Waals surface area contributed by atoms with E-state index in [2.05, 4.69) is 68.1 Å². The molecule has 0 aliphatic carbocycles. The SMILES string of the molecule is Cc1cc(C)c(-c2ccn(-c3ccc(N4CCOCC4)cc3)n2)c(C)c1. The van der Waals surface area contributed by atoms with Gasteiger partial charge in [0.1, 0.15) is 0 Å². The molecule has 1 fully saturated rings. The second kappa shape index (κ2) is 6.96. The Bertz CT molecular complexity index is 882. The number of benzene rings is 2. The zero-order valence-corrected chi connectivity index (χ0v) is 15.7.